The molecule has 0 radical (unpaired) electrons. The van der Waals surface area contributed by atoms with Crippen LogP contribution in [0.4, 0.5) is 0 Å². The van der Waals surface area contributed by atoms with E-state index >= 15 is 0 Å². The Hall–Kier alpha value is -3.15. The fourth-order valence-corrected chi connectivity index (χ4v) is 3.10. The quantitative estimate of drug-likeness (QED) is 0.675. The highest BCUT2D eigenvalue weighted by Crippen LogP contribution is 2.22. The highest BCUT2D eigenvalue weighted by molar-refractivity contribution is 6.05. The number of carbonyl (C=O) groups is 1. The molecule has 0 atom stereocenters. The van der Waals surface area contributed by atoms with Gasteiger partial charge in [-0.1, -0.05) is 12.1 Å². The molecule has 6 heteroatoms. The maximum absolute atomic E-state index is 13.0. The average Bonchev–Trinajstić information content (AvgIpc) is 2.63. The smallest absolute Gasteiger partial charge is 0.340 e. The molecule has 0 saturated carbocycles. The molecule has 3 rings (SSSR count). The lowest BCUT2D eigenvalue weighted by molar-refractivity contribution is 0.0601. The first-order chi connectivity index (χ1) is 12.5. The van der Waals surface area contributed by atoms with Crippen molar-refractivity contribution in [2.45, 2.75) is 20.4 Å². The fraction of sp³-hybridized carbons (Fsp3) is 0.250. The van der Waals surface area contributed by atoms with Gasteiger partial charge in [0.15, 0.2) is 0 Å². The van der Waals surface area contributed by atoms with E-state index in [9.17, 15) is 9.59 Å². The number of aromatic nitrogens is 2. The summed E-state index contributed by atoms with van der Waals surface area (Å²) in [5, 5.41) is 1.00. The molecule has 0 unspecified atom stereocenters. The van der Waals surface area contributed by atoms with Crippen LogP contribution in [0.15, 0.2) is 41.3 Å². The topological polar surface area (TPSA) is 70.4 Å². The Bertz CT molecular complexity index is 1040. The van der Waals surface area contributed by atoms with Gasteiger partial charge in [-0.25, -0.2) is 4.79 Å². The SMILES string of the molecule is COC(=O)c1c(C)nc(C)c2c(=O)n(Cc3ccc(OC)cc3)ccc12. The minimum atomic E-state index is -0.493. The van der Waals surface area contributed by atoms with Crippen LogP contribution >= 0.6 is 0 Å². The molecular formula is C20H20N2O4. The first kappa shape index (κ1) is 17.7. The summed E-state index contributed by atoms with van der Waals surface area (Å²) in [6, 6.07) is 9.30. The van der Waals surface area contributed by atoms with Crippen molar-refractivity contribution >= 4 is 16.7 Å². The van der Waals surface area contributed by atoms with E-state index in [1.807, 2.05) is 24.3 Å². The number of hydrogen-bond donors (Lipinski definition) is 0. The van der Waals surface area contributed by atoms with E-state index in [4.69, 9.17) is 9.47 Å². The Morgan fingerprint density at radius 2 is 1.77 bits per heavy atom. The summed E-state index contributed by atoms with van der Waals surface area (Å²) >= 11 is 0. The Labute approximate surface area is 151 Å². The van der Waals surface area contributed by atoms with Gasteiger partial charge < -0.3 is 14.0 Å². The molecule has 0 aliphatic rings. The fourth-order valence-electron chi connectivity index (χ4n) is 3.10. The number of carbonyl (C=O) groups excluding carboxylic acids is 1. The third kappa shape index (κ3) is 3.06. The zero-order valence-electron chi connectivity index (χ0n) is 15.2. The molecule has 2 heterocycles. The second kappa shape index (κ2) is 7.00. The average molecular weight is 352 g/mol. The molecule has 6 nitrogen and oxygen atoms in total. The van der Waals surface area contributed by atoms with Gasteiger partial charge >= 0.3 is 5.97 Å². The molecule has 0 amide bonds. The Balaban J connectivity index is 2.13. The maximum Gasteiger partial charge on any atom is 0.340 e. The van der Waals surface area contributed by atoms with E-state index in [1.165, 1.54) is 7.11 Å². The molecule has 134 valence electrons. The molecule has 0 N–H and O–H groups in total. The van der Waals surface area contributed by atoms with Crippen molar-refractivity contribution in [2.24, 2.45) is 0 Å². The first-order valence-corrected chi connectivity index (χ1v) is 8.18. The molecule has 0 spiro atoms. The number of hydrogen-bond acceptors (Lipinski definition) is 5. The molecule has 3 aromatic rings. The number of nitrogens with zero attached hydrogens (tertiary/aromatic N) is 2. The van der Waals surface area contributed by atoms with E-state index in [0.717, 1.165) is 11.3 Å². The van der Waals surface area contributed by atoms with E-state index in [1.54, 1.807) is 37.8 Å². The van der Waals surface area contributed by atoms with Crippen LogP contribution in [0.3, 0.4) is 0 Å². The van der Waals surface area contributed by atoms with Crippen molar-refractivity contribution < 1.29 is 14.3 Å². The number of esters is 1. The zero-order chi connectivity index (χ0) is 18.8. The second-order valence-corrected chi connectivity index (χ2v) is 6.03. The Kier molecular flexibility index (Phi) is 4.75. The largest absolute Gasteiger partial charge is 0.497 e. The third-order valence-electron chi connectivity index (χ3n) is 4.40. The number of rotatable bonds is 4. The summed E-state index contributed by atoms with van der Waals surface area (Å²) in [5.41, 5.74) is 2.27. The summed E-state index contributed by atoms with van der Waals surface area (Å²) in [5.74, 6) is 0.269. The van der Waals surface area contributed by atoms with Crippen LogP contribution < -0.4 is 10.3 Å². The molecule has 0 aliphatic carbocycles. The van der Waals surface area contributed by atoms with Crippen LogP contribution in [0, 0.1) is 13.8 Å². The van der Waals surface area contributed by atoms with Gasteiger partial charge in [0.25, 0.3) is 5.56 Å². The van der Waals surface area contributed by atoms with Gasteiger partial charge in [-0.05, 0) is 37.6 Å². The van der Waals surface area contributed by atoms with Gasteiger partial charge in [0.1, 0.15) is 5.75 Å². The van der Waals surface area contributed by atoms with Crippen LogP contribution in [0.1, 0.15) is 27.3 Å². The van der Waals surface area contributed by atoms with Crippen molar-refractivity contribution in [2.75, 3.05) is 14.2 Å². The molecular weight excluding hydrogens is 332 g/mol. The van der Waals surface area contributed by atoms with Crippen molar-refractivity contribution in [3.05, 3.63) is 69.4 Å². The Morgan fingerprint density at radius 3 is 2.38 bits per heavy atom. The molecule has 2 aromatic heterocycles. The van der Waals surface area contributed by atoms with Crippen LogP contribution in [0.2, 0.25) is 0 Å². The van der Waals surface area contributed by atoms with Crippen LogP contribution in [0.5, 0.6) is 5.75 Å². The standard InChI is InChI=1S/C20H20N2O4/c1-12-17-16(18(13(2)21-12)20(24)26-4)9-10-22(19(17)23)11-14-5-7-15(25-3)8-6-14/h5-10H,11H2,1-4H3. The van der Waals surface area contributed by atoms with Crippen LogP contribution in [0.25, 0.3) is 10.8 Å². The van der Waals surface area contributed by atoms with Gasteiger partial charge in [0, 0.05) is 11.6 Å². The van der Waals surface area contributed by atoms with Crippen molar-refractivity contribution in [3.63, 3.8) is 0 Å². The van der Waals surface area contributed by atoms with E-state index in [-0.39, 0.29) is 5.56 Å². The minimum absolute atomic E-state index is 0.187. The van der Waals surface area contributed by atoms with Gasteiger partial charge in [0.2, 0.25) is 0 Å². The monoisotopic (exact) mass is 352 g/mol. The van der Waals surface area contributed by atoms with Crippen molar-refractivity contribution in [3.8, 4) is 5.75 Å². The number of fused-ring (bicyclic) bond motifs is 1. The molecule has 0 bridgehead atoms. The summed E-state index contributed by atoms with van der Waals surface area (Å²) in [6.45, 7) is 3.93. The molecule has 0 saturated heterocycles. The maximum atomic E-state index is 13.0. The van der Waals surface area contributed by atoms with Gasteiger partial charge in [-0.3, -0.25) is 9.78 Å². The number of benzene rings is 1. The predicted molar refractivity (Wildman–Crippen MR) is 98.9 cm³/mol. The number of pyridine rings is 2. The molecule has 0 fully saturated rings. The van der Waals surface area contributed by atoms with Crippen LogP contribution in [-0.4, -0.2) is 29.7 Å². The number of methoxy groups -OCH3 is 2. The Morgan fingerprint density at radius 1 is 1.08 bits per heavy atom. The van der Waals surface area contributed by atoms with Crippen molar-refractivity contribution in [1.29, 1.82) is 0 Å². The van der Waals surface area contributed by atoms with Gasteiger partial charge in [-0.15, -0.1) is 0 Å². The van der Waals surface area contributed by atoms with Crippen molar-refractivity contribution in [1.82, 2.24) is 9.55 Å². The lowest BCUT2D eigenvalue weighted by Crippen LogP contribution is -2.22. The molecule has 26 heavy (non-hydrogen) atoms. The minimum Gasteiger partial charge on any atom is -0.497 e. The third-order valence-corrected chi connectivity index (χ3v) is 4.40. The second-order valence-electron chi connectivity index (χ2n) is 6.03. The van der Waals surface area contributed by atoms with E-state index in [2.05, 4.69) is 4.98 Å². The lowest BCUT2D eigenvalue weighted by atomic mass is 10.0. The van der Waals surface area contributed by atoms with E-state index in [0.29, 0.717) is 34.3 Å². The number of aryl methyl sites for hydroxylation is 2. The summed E-state index contributed by atoms with van der Waals surface area (Å²) < 4.78 is 11.6. The normalized spacial score (nSPS) is 10.8. The summed E-state index contributed by atoms with van der Waals surface area (Å²) in [4.78, 5) is 29.5. The summed E-state index contributed by atoms with van der Waals surface area (Å²) in [7, 11) is 2.93. The highest BCUT2D eigenvalue weighted by atomic mass is 16.5. The predicted octanol–water partition coefficient (Wildman–Crippen LogP) is 2.86. The molecule has 0 aliphatic heterocycles. The molecule has 1 aromatic carbocycles. The van der Waals surface area contributed by atoms with Gasteiger partial charge in [0.05, 0.1) is 43.1 Å². The zero-order valence-corrected chi connectivity index (χ0v) is 15.2. The van der Waals surface area contributed by atoms with E-state index < -0.39 is 5.97 Å². The first-order valence-electron chi connectivity index (χ1n) is 8.18. The summed E-state index contributed by atoms with van der Waals surface area (Å²) in [6.07, 6.45) is 1.69. The highest BCUT2D eigenvalue weighted by Gasteiger charge is 2.19. The number of ether oxygens (including phenoxy) is 2. The lowest BCUT2D eigenvalue weighted by Gasteiger charge is -2.13. The van der Waals surface area contributed by atoms with Gasteiger partial charge in [-0.2, -0.15) is 0 Å². The van der Waals surface area contributed by atoms with Crippen LogP contribution in [-0.2, 0) is 11.3 Å².